The third-order valence-electron chi connectivity index (χ3n) is 4.99. The minimum atomic E-state index is -0.153. The number of rotatable bonds is 16. The summed E-state index contributed by atoms with van der Waals surface area (Å²) in [5.41, 5.74) is 2.73. The zero-order chi connectivity index (χ0) is 22.2. The van der Waals surface area contributed by atoms with E-state index in [1.807, 2.05) is 25.2 Å². The molecule has 0 aromatic rings. The molecule has 0 rings (SSSR count). The van der Waals surface area contributed by atoms with Crippen molar-refractivity contribution < 1.29 is 18.9 Å². The molecule has 0 radical (unpaired) electrons. The van der Waals surface area contributed by atoms with Crippen molar-refractivity contribution in [2.24, 2.45) is 0 Å². The monoisotopic (exact) mass is 405 g/mol. The van der Waals surface area contributed by atoms with Gasteiger partial charge in [-0.15, -0.1) is 6.58 Å². The van der Waals surface area contributed by atoms with Crippen LogP contribution in [-0.4, -0.2) is 52.9 Å². The van der Waals surface area contributed by atoms with Crippen molar-refractivity contribution >= 4 is 0 Å². The largest absolute Gasteiger partial charge is 0.381 e. The zero-order valence-corrected chi connectivity index (χ0v) is 19.1. The Morgan fingerprint density at radius 3 is 1.97 bits per heavy atom. The molecule has 0 aliphatic heterocycles. The van der Waals surface area contributed by atoms with Gasteiger partial charge < -0.3 is 18.9 Å². The Labute approximate surface area is 177 Å². The molecule has 0 saturated carbocycles. The molecular weight excluding hydrogens is 366 g/mol. The number of hydrogen-bond donors (Lipinski definition) is 0. The fourth-order valence-corrected chi connectivity index (χ4v) is 3.10. The summed E-state index contributed by atoms with van der Waals surface area (Å²) in [5.74, 6) is 0. The quantitative estimate of drug-likeness (QED) is 0.202. The Kier molecular flexibility index (Phi) is 15.2. The van der Waals surface area contributed by atoms with Crippen LogP contribution in [0.3, 0.4) is 0 Å². The van der Waals surface area contributed by atoms with E-state index in [9.17, 15) is 0 Å². The van der Waals surface area contributed by atoms with Crippen molar-refractivity contribution in [3.05, 3.63) is 48.1 Å². The van der Waals surface area contributed by atoms with Gasteiger partial charge in [0.2, 0.25) is 0 Å². The highest BCUT2D eigenvalue weighted by Crippen LogP contribution is 2.22. The van der Waals surface area contributed by atoms with Gasteiger partial charge in [0, 0.05) is 46.9 Å². The van der Waals surface area contributed by atoms with Crippen molar-refractivity contribution in [1.29, 1.82) is 5.26 Å². The van der Waals surface area contributed by atoms with Crippen LogP contribution in [0.15, 0.2) is 48.1 Å². The van der Waals surface area contributed by atoms with E-state index in [1.165, 1.54) is 0 Å². The molecule has 4 unspecified atom stereocenters. The number of nitriles is 1. The first kappa shape index (κ1) is 27.3. The summed E-state index contributed by atoms with van der Waals surface area (Å²) >= 11 is 0. The van der Waals surface area contributed by atoms with Gasteiger partial charge in [-0.25, -0.2) is 0 Å². The Morgan fingerprint density at radius 1 is 0.931 bits per heavy atom. The highest BCUT2D eigenvalue weighted by Gasteiger charge is 2.23. The van der Waals surface area contributed by atoms with Crippen LogP contribution in [0.5, 0.6) is 0 Å². The SMILES string of the molecule is C=CCC(CC(CC(CC(OC)C(=C)C=C(C)CC=C(C)C#N)OC)OC)OC. The number of allylic oxidation sites excluding steroid dienone is 3. The van der Waals surface area contributed by atoms with Crippen LogP contribution < -0.4 is 0 Å². The molecule has 0 saturated heterocycles. The van der Waals surface area contributed by atoms with Crippen molar-refractivity contribution in [2.45, 2.75) is 70.4 Å². The third kappa shape index (κ3) is 11.8. The van der Waals surface area contributed by atoms with Crippen molar-refractivity contribution in [2.75, 3.05) is 28.4 Å². The first-order chi connectivity index (χ1) is 13.8. The van der Waals surface area contributed by atoms with E-state index >= 15 is 0 Å². The van der Waals surface area contributed by atoms with Crippen molar-refractivity contribution in [3.8, 4) is 6.07 Å². The van der Waals surface area contributed by atoms with Gasteiger partial charge in [-0.3, -0.25) is 0 Å². The Morgan fingerprint density at radius 2 is 1.48 bits per heavy atom. The highest BCUT2D eigenvalue weighted by atomic mass is 16.5. The Hall–Kier alpha value is -1.71. The van der Waals surface area contributed by atoms with Gasteiger partial charge in [0.15, 0.2) is 0 Å². The summed E-state index contributed by atoms with van der Waals surface area (Å²) in [6, 6.07) is 2.13. The van der Waals surface area contributed by atoms with Gasteiger partial charge in [0.25, 0.3) is 0 Å². The number of nitrogens with zero attached hydrogens (tertiary/aromatic N) is 1. The van der Waals surface area contributed by atoms with E-state index in [0.717, 1.165) is 36.8 Å². The topological polar surface area (TPSA) is 60.7 Å². The minimum Gasteiger partial charge on any atom is -0.381 e. The fraction of sp³-hybridized carbons (Fsp3) is 0.625. The van der Waals surface area contributed by atoms with Crippen LogP contribution in [0.2, 0.25) is 0 Å². The van der Waals surface area contributed by atoms with Crippen LogP contribution in [0, 0.1) is 11.3 Å². The highest BCUT2D eigenvalue weighted by molar-refractivity contribution is 5.27. The normalized spacial score (nSPS) is 16.6. The Bertz CT molecular complexity index is 588. The molecule has 0 aromatic heterocycles. The molecule has 5 nitrogen and oxygen atoms in total. The first-order valence-corrected chi connectivity index (χ1v) is 9.99. The summed E-state index contributed by atoms with van der Waals surface area (Å²) in [7, 11) is 6.82. The smallest absolute Gasteiger partial charge is 0.0940 e. The molecule has 0 aliphatic carbocycles. The lowest BCUT2D eigenvalue weighted by molar-refractivity contribution is -0.0259. The first-order valence-electron chi connectivity index (χ1n) is 9.99. The maximum atomic E-state index is 8.86. The summed E-state index contributed by atoms with van der Waals surface area (Å²) in [4.78, 5) is 0. The third-order valence-corrected chi connectivity index (χ3v) is 4.99. The molecule has 0 aromatic carbocycles. The van der Waals surface area contributed by atoms with Gasteiger partial charge >= 0.3 is 0 Å². The van der Waals surface area contributed by atoms with Crippen LogP contribution in [-0.2, 0) is 18.9 Å². The van der Waals surface area contributed by atoms with Gasteiger partial charge in [0.05, 0.1) is 30.5 Å². The maximum Gasteiger partial charge on any atom is 0.0940 e. The fourth-order valence-electron chi connectivity index (χ4n) is 3.10. The number of hydrogen-bond acceptors (Lipinski definition) is 5. The lowest BCUT2D eigenvalue weighted by atomic mass is 9.96. The molecule has 0 N–H and O–H groups in total. The molecule has 0 aliphatic rings. The average molecular weight is 406 g/mol. The Balaban J connectivity index is 4.97. The van der Waals surface area contributed by atoms with E-state index in [-0.39, 0.29) is 24.4 Å². The van der Waals surface area contributed by atoms with E-state index < -0.39 is 0 Å². The van der Waals surface area contributed by atoms with E-state index in [4.69, 9.17) is 24.2 Å². The number of methoxy groups -OCH3 is 4. The van der Waals surface area contributed by atoms with Crippen LogP contribution in [0.25, 0.3) is 0 Å². The van der Waals surface area contributed by atoms with Gasteiger partial charge in [0.1, 0.15) is 0 Å². The van der Waals surface area contributed by atoms with Crippen LogP contribution >= 0.6 is 0 Å². The molecule has 5 heteroatoms. The summed E-state index contributed by atoms with van der Waals surface area (Å²) in [6.45, 7) is 11.8. The second-order valence-corrected chi connectivity index (χ2v) is 7.30. The van der Waals surface area contributed by atoms with E-state index in [1.54, 1.807) is 35.4 Å². The van der Waals surface area contributed by atoms with Crippen LogP contribution in [0.1, 0.15) is 46.0 Å². The van der Waals surface area contributed by atoms with Crippen LogP contribution in [0.4, 0.5) is 0 Å². The van der Waals surface area contributed by atoms with Gasteiger partial charge in [-0.05, 0) is 38.7 Å². The predicted molar refractivity (Wildman–Crippen MR) is 119 cm³/mol. The maximum absolute atomic E-state index is 8.86. The molecule has 0 heterocycles. The van der Waals surface area contributed by atoms with Gasteiger partial charge in [-0.1, -0.05) is 30.4 Å². The molecule has 164 valence electrons. The summed E-state index contributed by atoms with van der Waals surface area (Å²) in [5, 5.41) is 8.86. The number of ether oxygens (including phenoxy) is 4. The van der Waals surface area contributed by atoms with Gasteiger partial charge in [-0.2, -0.15) is 5.26 Å². The summed E-state index contributed by atoms with van der Waals surface area (Å²) < 4.78 is 22.6. The minimum absolute atomic E-state index is 0.0204. The molecule has 0 fully saturated rings. The van der Waals surface area contributed by atoms with Crippen molar-refractivity contribution in [3.63, 3.8) is 0 Å². The lowest BCUT2D eigenvalue weighted by Crippen LogP contribution is -2.30. The molecular formula is C24H39NO4. The molecule has 0 amide bonds. The molecule has 0 bridgehead atoms. The van der Waals surface area contributed by atoms with E-state index in [0.29, 0.717) is 12.0 Å². The standard InChI is InChI=1S/C24H39NO4/c1-9-10-21(26-5)14-22(27-6)15-23(28-7)16-24(29-8)20(4)13-18(2)11-12-19(3)17-25/h9,12-13,21-24H,1,4,10-11,14-16H2,2-3,5-8H3. The molecule has 0 spiro atoms. The van der Waals surface area contributed by atoms with E-state index in [2.05, 4.69) is 19.2 Å². The molecule has 29 heavy (non-hydrogen) atoms. The summed E-state index contributed by atoms with van der Waals surface area (Å²) in [6.07, 6.45) is 9.43. The lowest BCUT2D eigenvalue weighted by Gasteiger charge is -2.27. The zero-order valence-electron chi connectivity index (χ0n) is 19.1. The van der Waals surface area contributed by atoms with Crippen molar-refractivity contribution in [1.82, 2.24) is 0 Å². The predicted octanol–water partition coefficient (Wildman–Crippen LogP) is 5.16. The average Bonchev–Trinajstić information content (AvgIpc) is 2.73. The second kappa shape index (κ2) is 16.1. The molecule has 4 atom stereocenters. The second-order valence-electron chi connectivity index (χ2n) is 7.30.